The van der Waals surface area contributed by atoms with Gasteiger partial charge in [0.05, 0.1) is 23.1 Å². The van der Waals surface area contributed by atoms with E-state index in [-0.39, 0.29) is 16.6 Å². The lowest BCUT2D eigenvalue weighted by Gasteiger charge is -2.35. The molecule has 2 aromatic heterocycles. The van der Waals surface area contributed by atoms with Gasteiger partial charge in [-0.05, 0) is 70.4 Å². The van der Waals surface area contributed by atoms with Crippen molar-refractivity contribution in [1.82, 2.24) is 24.8 Å². The molecule has 180 valence electrons. The standard InChI is InChI=1S/C23H26FN5O4S/c1-23(2,3)33-22(30)29-13-5-4-6-17(29)20-27-18(14-7-9-15(24)10-8-14)19(28-20)16-11-12-25-21(26-16)34(31)32/h7-12,17,25H,4-6,13H2,1-3H3,(H,27,28). The quantitative estimate of drug-likeness (QED) is 0.526. The molecule has 11 heteroatoms. The van der Waals surface area contributed by atoms with Crippen LogP contribution in [0.4, 0.5) is 9.18 Å². The van der Waals surface area contributed by atoms with Gasteiger partial charge in [-0.2, -0.15) is 8.42 Å². The summed E-state index contributed by atoms with van der Waals surface area (Å²) in [5.74, 6) is 0.139. The number of ether oxygens (including phenoxy) is 1. The van der Waals surface area contributed by atoms with E-state index >= 15 is 0 Å². The van der Waals surface area contributed by atoms with E-state index < -0.39 is 22.0 Å². The molecule has 0 bridgehead atoms. The number of carbonyl (C=O) groups is 1. The zero-order chi connectivity index (χ0) is 24.5. The fraction of sp³-hybridized carbons (Fsp3) is 0.391. The molecule has 1 atom stereocenters. The summed E-state index contributed by atoms with van der Waals surface area (Å²) in [5, 5.41) is 0. The van der Waals surface area contributed by atoms with Gasteiger partial charge in [0, 0.05) is 18.3 Å². The van der Waals surface area contributed by atoms with E-state index in [1.165, 1.54) is 18.3 Å². The Kier molecular flexibility index (Phi) is 6.56. The van der Waals surface area contributed by atoms with E-state index in [4.69, 9.17) is 9.72 Å². The molecule has 0 saturated carbocycles. The van der Waals surface area contributed by atoms with Crippen LogP contribution in [0.3, 0.4) is 0 Å². The van der Waals surface area contributed by atoms with E-state index in [0.717, 1.165) is 12.8 Å². The Hall–Kier alpha value is -3.47. The van der Waals surface area contributed by atoms with Gasteiger partial charge < -0.3 is 14.7 Å². The first-order valence-corrected chi connectivity index (χ1v) is 12.0. The molecule has 1 saturated heterocycles. The van der Waals surface area contributed by atoms with Crippen LogP contribution < -0.4 is 0 Å². The molecule has 9 nitrogen and oxygen atoms in total. The van der Waals surface area contributed by atoms with Crippen molar-refractivity contribution < 1.29 is 22.3 Å². The zero-order valence-electron chi connectivity index (χ0n) is 19.1. The van der Waals surface area contributed by atoms with Gasteiger partial charge >= 0.3 is 6.09 Å². The molecule has 0 aliphatic carbocycles. The summed E-state index contributed by atoms with van der Waals surface area (Å²) in [5.41, 5.74) is 1.28. The highest BCUT2D eigenvalue weighted by atomic mass is 32.2. The Morgan fingerprint density at radius 3 is 2.56 bits per heavy atom. The maximum absolute atomic E-state index is 13.6. The number of amides is 1. The number of hydrogen-bond donors (Lipinski definition) is 2. The third kappa shape index (κ3) is 5.19. The summed E-state index contributed by atoms with van der Waals surface area (Å²) >= 11 is 0. The second-order valence-electron chi connectivity index (χ2n) is 9.05. The molecule has 3 heterocycles. The summed E-state index contributed by atoms with van der Waals surface area (Å²) in [6.07, 6.45) is 3.48. The molecule has 1 fully saturated rings. The van der Waals surface area contributed by atoms with Gasteiger partial charge in [0.15, 0.2) is 0 Å². The lowest BCUT2D eigenvalue weighted by Crippen LogP contribution is -2.42. The third-order valence-electron chi connectivity index (χ3n) is 5.37. The van der Waals surface area contributed by atoms with Crippen molar-refractivity contribution in [3.05, 3.63) is 52.9 Å². The molecule has 1 aliphatic heterocycles. The summed E-state index contributed by atoms with van der Waals surface area (Å²) in [4.78, 5) is 29.4. The third-order valence-corrected chi connectivity index (χ3v) is 5.90. The molecule has 1 aliphatic rings. The highest BCUT2D eigenvalue weighted by Gasteiger charge is 2.34. The first-order valence-electron chi connectivity index (χ1n) is 11.0. The number of rotatable bonds is 3. The molecule has 4 rings (SSSR count). The number of benzene rings is 1. The van der Waals surface area contributed by atoms with E-state index in [1.807, 2.05) is 20.8 Å². The van der Waals surface area contributed by atoms with Crippen molar-refractivity contribution >= 4 is 16.4 Å². The zero-order valence-corrected chi connectivity index (χ0v) is 19.9. The predicted molar refractivity (Wildman–Crippen MR) is 123 cm³/mol. The Balaban J connectivity index is 1.83. The lowest BCUT2D eigenvalue weighted by atomic mass is 10.0. The number of aromatic nitrogens is 4. The Morgan fingerprint density at radius 1 is 1.15 bits per heavy atom. The van der Waals surface area contributed by atoms with Crippen LogP contribution in [0.2, 0.25) is 0 Å². The van der Waals surface area contributed by atoms with E-state index in [1.54, 1.807) is 23.1 Å². The SMILES string of the molecule is CC(C)(C)OC(=O)N1CCCCC1c1nc(-c2ccc(F)cc2)c(-c2cc[nH]c(=S(=O)=O)n2)[nH]1. The second-order valence-corrected chi connectivity index (χ2v) is 9.91. The molecule has 1 amide bonds. The number of aromatic amines is 2. The Labute approximate surface area is 197 Å². The van der Waals surface area contributed by atoms with Gasteiger partial charge in [0.2, 0.25) is 0 Å². The van der Waals surface area contributed by atoms with Crippen molar-refractivity contribution in [2.24, 2.45) is 0 Å². The molecule has 0 spiro atoms. The van der Waals surface area contributed by atoms with Crippen molar-refractivity contribution in [2.45, 2.75) is 51.7 Å². The molecule has 1 aromatic carbocycles. The van der Waals surface area contributed by atoms with Crippen LogP contribution in [0.15, 0.2) is 36.5 Å². The van der Waals surface area contributed by atoms with Gasteiger partial charge in [-0.25, -0.2) is 19.2 Å². The van der Waals surface area contributed by atoms with Gasteiger partial charge in [0.1, 0.15) is 17.2 Å². The Bertz CT molecular complexity index is 1370. The number of nitrogens with one attached hydrogen (secondary N) is 2. The van der Waals surface area contributed by atoms with Crippen LogP contribution in [0, 0.1) is 10.6 Å². The van der Waals surface area contributed by atoms with Gasteiger partial charge in [-0.3, -0.25) is 4.90 Å². The van der Waals surface area contributed by atoms with Crippen LogP contribution in [0.5, 0.6) is 0 Å². The van der Waals surface area contributed by atoms with E-state index in [2.05, 4.69) is 15.0 Å². The second kappa shape index (κ2) is 9.41. The normalized spacial score (nSPS) is 16.4. The Morgan fingerprint density at radius 2 is 1.88 bits per heavy atom. The van der Waals surface area contributed by atoms with Crippen LogP contribution in [-0.4, -0.2) is 51.5 Å². The fourth-order valence-corrected chi connectivity index (χ4v) is 4.24. The molecule has 1 unspecified atom stereocenters. The number of nitrogens with zero attached hydrogens (tertiary/aromatic N) is 3. The van der Waals surface area contributed by atoms with Crippen molar-refractivity contribution in [3.63, 3.8) is 0 Å². The molecule has 34 heavy (non-hydrogen) atoms. The molecule has 2 N–H and O–H groups in total. The predicted octanol–water partition coefficient (Wildman–Crippen LogP) is 4.48. The minimum Gasteiger partial charge on any atom is -0.444 e. The van der Waals surface area contributed by atoms with Crippen molar-refractivity contribution in [3.8, 4) is 22.6 Å². The maximum atomic E-state index is 13.6. The largest absolute Gasteiger partial charge is 0.444 e. The monoisotopic (exact) mass is 487 g/mol. The molecular weight excluding hydrogens is 461 g/mol. The van der Waals surface area contributed by atoms with Crippen LogP contribution >= 0.6 is 0 Å². The topological polar surface area (TPSA) is 121 Å². The van der Waals surface area contributed by atoms with Crippen LogP contribution in [0.25, 0.3) is 22.6 Å². The molecule has 0 radical (unpaired) electrons. The fourth-order valence-electron chi connectivity index (χ4n) is 3.90. The summed E-state index contributed by atoms with van der Waals surface area (Å²) in [7, 11) is -2.56. The van der Waals surface area contributed by atoms with Crippen LogP contribution in [-0.2, 0) is 15.0 Å². The van der Waals surface area contributed by atoms with E-state index in [0.29, 0.717) is 41.4 Å². The number of halogens is 1. The first kappa shape index (κ1) is 23.7. The number of carbonyl (C=O) groups excluding carboxylic acids is 1. The number of hydrogen-bond acceptors (Lipinski definition) is 6. The van der Waals surface area contributed by atoms with Crippen molar-refractivity contribution in [2.75, 3.05) is 6.54 Å². The number of H-pyrrole nitrogens is 2. The lowest BCUT2D eigenvalue weighted by molar-refractivity contribution is 0.00854. The smallest absolute Gasteiger partial charge is 0.410 e. The summed E-state index contributed by atoms with van der Waals surface area (Å²) in [6, 6.07) is 7.09. The molecular formula is C23H26FN5O4S. The average molecular weight is 488 g/mol. The minimum absolute atomic E-state index is 0.230. The highest BCUT2D eigenvalue weighted by molar-refractivity contribution is 7.63. The summed E-state index contributed by atoms with van der Waals surface area (Å²) < 4.78 is 41.8. The van der Waals surface area contributed by atoms with Gasteiger partial charge in [-0.15, -0.1) is 0 Å². The number of likely N-dealkylation sites (tertiary alicyclic amines) is 1. The van der Waals surface area contributed by atoms with Crippen LogP contribution in [0.1, 0.15) is 51.9 Å². The first-order chi connectivity index (χ1) is 16.1. The maximum Gasteiger partial charge on any atom is 0.410 e. The molecule has 3 aromatic rings. The van der Waals surface area contributed by atoms with Gasteiger partial charge in [-0.1, -0.05) is 0 Å². The number of imidazole rings is 1. The minimum atomic E-state index is -2.56. The number of piperidine rings is 1. The van der Waals surface area contributed by atoms with Crippen molar-refractivity contribution in [1.29, 1.82) is 0 Å². The summed E-state index contributed by atoms with van der Waals surface area (Å²) in [6.45, 7) is 5.98. The average Bonchev–Trinajstić information content (AvgIpc) is 3.24. The highest BCUT2D eigenvalue weighted by Crippen LogP contribution is 2.36. The van der Waals surface area contributed by atoms with E-state index in [9.17, 15) is 17.6 Å². The van der Waals surface area contributed by atoms with Gasteiger partial charge in [0.25, 0.3) is 15.1 Å².